The Morgan fingerprint density at radius 1 is 0.773 bits per heavy atom. The van der Waals surface area contributed by atoms with E-state index in [9.17, 15) is 19.5 Å². The van der Waals surface area contributed by atoms with Crippen molar-refractivity contribution in [2.45, 2.75) is 75.5 Å². The number of hydrogen-bond acceptors (Lipinski definition) is 10. The minimum Gasteiger partial charge on any atom is -0.453 e. The van der Waals surface area contributed by atoms with Gasteiger partial charge in [0.05, 0.1) is 43.0 Å². The summed E-state index contributed by atoms with van der Waals surface area (Å²) in [5.74, 6) is 1.23. The molecule has 5 N–H and O–H groups in total. The van der Waals surface area contributed by atoms with E-state index in [0.717, 1.165) is 93.7 Å². The number of hydrogen-bond donors (Lipinski definition) is 5. The standard InChI is InChI=1S/C51H56N8O7/c1-64-49(62)56-43(33-7-4-3-5-8-33)48(61)59-30-51(20-21-51)27-42(59)46-53-28-39(54-46)32-12-10-31(11-13-32)35-14-15-37-26-38(17-16-36(37)25-35)40-29-52-45(55-40)41-9-6-22-58(41)47(60)44(57-50(63)65-2)34-18-23-66-24-19-34/h3-5,7-8,10-17,25-26,28-29,34,41-44,49,56,62H,6,9,18-24,27,30H2,1-2H3,(H,52,55)(H,53,54)(H,57,63)/t41-,42-,43+,44-,49?/m0/s1. The third kappa shape index (κ3) is 8.83. The van der Waals surface area contributed by atoms with Gasteiger partial charge in [-0.15, -0.1) is 0 Å². The summed E-state index contributed by atoms with van der Waals surface area (Å²) in [6.45, 7) is 2.36. The van der Waals surface area contributed by atoms with Gasteiger partial charge in [-0.2, -0.15) is 0 Å². The lowest BCUT2D eigenvalue weighted by molar-refractivity contribution is -0.143. The minimum absolute atomic E-state index is 0.0288. The highest BCUT2D eigenvalue weighted by Crippen LogP contribution is 2.58. The lowest BCUT2D eigenvalue weighted by atomic mass is 9.90. The van der Waals surface area contributed by atoms with Crippen LogP contribution in [0.3, 0.4) is 0 Å². The van der Waals surface area contributed by atoms with Crippen LogP contribution in [0.5, 0.6) is 0 Å². The molecule has 3 amide bonds. The van der Waals surface area contributed by atoms with Crippen molar-refractivity contribution in [2.75, 3.05) is 40.5 Å². The second kappa shape index (κ2) is 18.5. The molecule has 6 aromatic rings. The molecule has 4 aliphatic rings. The van der Waals surface area contributed by atoms with Crippen LogP contribution >= 0.6 is 0 Å². The quantitative estimate of drug-likeness (QED) is 0.0732. The number of imidazole rings is 2. The highest BCUT2D eigenvalue weighted by Gasteiger charge is 2.55. The van der Waals surface area contributed by atoms with Gasteiger partial charge in [0, 0.05) is 39.0 Å². The molecule has 15 nitrogen and oxygen atoms in total. The number of aromatic nitrogens is 4. The van der Waals surface area contributed by atoms with Crippen LogP contribution in [0, 0.1) is 11.3 Å². The number of fused-ring (bicyclic) bond motifs is 1. The number of rotatable bonds is 13. The average Bonchev–Trinajstić information content (AvgIpc) is 3.90. The summed E-state index contributed by atoms with van der Waals surface area (Å²) in [6, 6.07) is 28.8. The Labute approximate surface area is 383 Å². The van der Waals surface area contributed by atoms with Gasteiger partial charge in [-0.05, 0) is 101 Å². The number of aromatic amines is 2. The molecule has 1 saturated carbocycles. The second-order valence-electron chi connectivity index (χ2n) is 18.3. The molecule has 4 fully saturated rings. The van der Waals surface area contributed by atoms with Crippen molar-refractivity contribution in [2.24, 2.45) is 11.3 Å². The Kier molecular flexibility index (Phi) is 12.2. The normalized spacial score (nSPS) is 20.7. The number of amides is 3. The molecule has 1 unspecified atom stereocenters. The molecule has 66 heavy (non-hydrogen) atoms. The van der Waals surface area contributed by atoms with Crippen LogP contribution in [0.15, 0.2) is 103 Å². The monoisotopic (exact) mass is 892 g/mol. The van der Waals surface area contributed by atoms with E-state index in [1.807, 2.05) is 52.5 Å². The molecule has 1 spiro atoms. The van der Waals surface area contributed by atoms with Crippen molar-refractivity contribution in [3.63, 3.8) is 0 Å². The number of ether oxygens (including phenoxy) is 3. The van der Waals surface area contributed by atoms with E-state index in [-0.39, 0.29) is 35.2 Å². The summed E-state index contributed by atoms with van der Waals surface area (Å²) in [6.07, 6.45) is 7.78. The maximum Gasteiger partial charge on any atom is 0.407 e. The Bertz CT molecular complexity index is 2690. The summed E-state index contributed by atoms with van der Waals surface area (Å²) in [5, 5.41) is 18.3. The predicted molar refractivity (Wildman–Crippen MR) is 247 cm³/mol. The highest BCUT2D eigenvalue weighted by atomic mass is 16.6. The fourth-order valence-electron chi connectivity index (χ4n) is 10.3. The van der Waals surface area contributed by atoms with Crippen LogP contribution in [0.25, 0.3) is 44.4 Å². The van der Waals surface area contributed by atoms with Crippen molar-refractivity contribution in [3.05, 3.63) is 121 Å². The number of alkyl carbamates (subject to hydrolysis) is 1. The van der Waals surface area contributed by atoms with Crippen molar-refractivity contribution < 1.29 is 33.7 Å². The Balaban J connectivity index is 0.821. The smallest absolute Gasteiger partial charge is 0.407 e. The van der Waals surface area contributed by atoms with Crippen molar-refractivity contribution >= 4 is 28.7 Å². The molecule has 0 radical (unpaired) electrons. The molecule has 3 saturated heterocycles. The van der Waals surface area contributed by atoms with Crippen LogP contribution in [-0.4, -0.2) is 106 Å². The Morgan fingerprint density at radius 3 is 2.09 bits per heavy atom. The van der Waals surface area contributed by atoms with Gasteiger partial charge in [-0.1, -0.05) is 78.9 Å². The molecular weight excluding hydrogens is 837 g/mol. The first-order chi connectivity index (χ1) is 32.2. The number of H-pyrrole nitrogens is 2. The number of nitrogens with zero attached hydrogens (tertiary/aromatic N) is 4. The SMILES string of the molecule is COC(=O)N[C@H](C(=O)N1CCC[C@H]1c1ncc(-c2ccc3cc(-c4ccc(-c5cnc([C@@H]6CC7(CC7)CN6C(=O)[C@H](NC(O)OC)c6ccccc6)[nH]5)cc4)ccc3c2)[nH]1)C1CCOCC1. The lowest BCUT2D eigenvalue weighted by Gasteiger charge is -2.34. The van der Waals surface area contributed by atoms with Gasteiger partial charge in [0.1, 0.15) is 23.7 Å². The van der Waals surface area contributed by atoms with E-state index in [1.165, 1.54) is 14.2 Å². The number of aliphatic hydroxyl groups excluding tert-OH is 1. The molecule has 10 rings (SSSR count). The zero-order valence-corrected chi connectivity index (χ0v) is 37.2. The van der Waals surface area contributed by atoms with Gasteiger partial charge in [0.25, 0.3) is 0 Å². The van der Waals surface area contributed by atoms with Crippen LogP contribution < -0.4 is 10.6 Å². The fraction of sp³-hybridized carbons (Fsp3) is 0.392. The summed E-state index contributed by atoms with van der Waals surface area (Å²) in [5.41, 5.74) is 6.77. The molecule has 342 valence electrons. The number of nitrogens with one attached hydrogen (secondary N) is 4. The zero-order valence-electron chi connectivity index (χ0n) is 37.2. The molecule has 0 bridgehead atoms. The van der Waals surface area contributed by atoms with E-state index in [2.05, 4.69) is 81.3 Å². The first kappa shape index (κ1) is 43.5. The van der Waals surface area contributed by atoms with E-state index in [0.29, 0.717) is 39.1 Å². The number of carbonyl (C=O) groups is 3. The maximum atomic E-state index is 14.3. The van der Waals surface area contributed by atoms with Gasteiger partial charge in [-0.25, -0.2) is 14.8 Å². The number of aliphatic hydroxyl groups is 1. The molecule has 3 aliphatic heterocycles. The van der Waals surface area contributed by atoms with Gasteiger partial charge in [-0.3, -0.25) is 14.9 Å². The summed E-state index contributed by atoms with van der Waals surface area (Å²) >= 11 is 0. The van der Waals surface area contributed by atoms with Gasteiger partial charge in [0.15, 0.2) is 0 Å². The largest absolute Gasteiger partial charge is 0.453 e. The molecule has 5 heterocycles. The van der Waals surface area contributed by atoms with Crippen LogP contribution in [-0.2, 0) is 23.8 Å². The summed E-state index contributed by atoms with van der Waals surface area (Å²) in [4.78, 5) is 61.1. The van der Waals surface area contributed by atoms with Crippen LogP contribution in [0.4, 0.5) is 4.79 Å². The van der Waals surface area contributed by atoms with Crippen molar-refractivity contribution in [3.8, 4) is 33.6 Å². The van der Waals surface area contributed by atoms with Crippen molar-refractivity contribution in [1.29, 1.82) is 0 Å². The van der Waals surface area contributed by atoms with Gasteiger partial charge < -0.3 is 44.4 Å². The molecule has 1 aliphatic carbocycles. The number of carbonyl (C=O) groups excluding carboxylic acids is 3. The van der Waals surface area contributed by atoms with E-state index >= 15 is 0 Å². The molecule has 4 aromatic carbocycles. The van der Waals surface area contributed by atoms with Crippen molar-refractivity contribution in [1.82, 2.24) is 40.4 Å². The molecular formula is C51H56N8O7. The first-order valence-corrected chi connectivity index (χ1v) is 23.0. The molecule has 2 aromatic heterocycles. The molecule has 5 atom stereocenters. The third-order valence-corrected chi connectivity index (χ3v) is 14.2. The van der Waals surface area contributed by atoms with Gasteiger partial charge >= 0.3 is 6.09 Å². The predicted octanol–water partition coefficient (Wildman–Crippen LogP) is 7.41. The number of benzene rings is 4. The summed E-state index contributed by atoms with van der Waals surface area (Å²) < 4.78 is 15.5. The Morgan fingerprint density at radius 2 is 1.41 bits per heavy atom. The summed E-state index contributed by atoms with van der Waals surface area (Å²) in [7, 11) is 2.71. The fourth-order valence-corrected chi connectivity index (χ4v) is 10.3. The second-order valence-corrected chi connectivity index (χ2v) is 18.3. The first-order valence-electron chi connectivity index (χ1n) is 23.0. The number of methoxy groups -OCH3 is 2. The average molecular weight is 893 g/mol. The van der Waals surface area contributed by atoms with Crippen LogP contribution in [0.2, 0.25) is 0 Å². The minimum atomic E-state index is -1.30. The number of likely N-dealkylation sites (tertiary alicyclic amines) is 2. The third-order valence-electron chi connectivity index (χ3n) is 14.2. The zero-order chi connectivity index (χ0) is 45.4. The van der Waals surface area contributed by atoms with E-state index in [1.54, 1.807) is 0 Å². The lowest BCUT2D eigenvalue weighted by Crippen LogP contribution is -2.53. The van der Waals surface area contributed by atoms with E-state index in [4.69, 9.17) is 24.2 Å². The topological polar surface area (TPSA) is 187 Å². The maximum absolute atomic E-state index is 14.3. The van der Waals surface area contributed by atoms with E-state index < -0.39 is 24.6 Å². The highest BCUT2D eigenvalue weighted by molar-refractivity contribution is 5.91. The molecule has 15 heteroatoms. The van der Waals surface area contributed by atoms with Gasteiger partial charge in [0.2, 0.25) is 18.2 Å². The Hall–Kier alpha value is -6.39. The van der Waals surface area contributed by atoms with Crippen LogP contribution in [0.1, 0.15) is 80.3 Å².